The van der Waals surface area contributed by atoms with Crippen LogP contribution in [0.1, 0.15) is 68.1 Å². The zero-order chi connectivity index (χ0) is 17.0. The fraction of sp³-hybridized carbons (Fsp3) is 0.632. The van der Waals surface area contributed by atoms with Gasteiger partial charge in [0.2, 0.25) is 0 Å². The number of hydrogen-bond acceptors (Lipinski definition) is 2. The van der Waals surface area contributed by atoms with Crippen LogP contribution in [0.5, 0.6) is 0 Å². The van der Waals surface area contributed by atoms with Crippen LogP contribution in [0.15, 0.2) is 12.1 Å². The van der Waals surface area contributed by atoms with Crippen LogP contribution in [0.4, 0.5) is 0 Å². The van der Waals surface area contributed by atoms with Crippen LogP contribution in [-0.4, -0.2) is 34.1 Å². The van der Waals surface area contributed by atoms with E-state index in [9.17, 15) is 9.90 Å². The molecule has 22 heavy (non-hydrogen) atoms. The predicted molar refractivity (Wildman–Crippen MR) is 92.4 cm³/mol. The minimum Gasteiger partial charge on any atom is -0.393 e. The van der Waals surface area contributed by atoms with Crippen LogP contribution in [0.3, 0.4) is 0 Å². The average molecular weight is 305 g/mol. The smallest absolute Gasteiger partial charge is 0.254 e. The first kappa shape index (κ1) is 18.7. The van der Waals surface area contributed by atoms with E-state index in [0.29, 0.717) is 6.42 Å². The van der Waals surface area contributed by atoms with Crippen LogP contribution < -0.4 is 0 Å². The van der Waals surface area contributed by atoms with Gasteiger partial charge in [-0.15, -0.1) is 0 Å². The molecule has 0 aromatic heterocycles. The molecule has 1 aromatic carbocycles. The van der Waals surface area contributed by atoms with Crippen LogP contribution in [0, 0.1) is 13.8 Å². The SMILES string of the molecule is Cc1cc(C)c(C(=O)N(C(C)C)C(C)C)c(CCC(C)O)c1. The van der Waals surface area contributed by atoms with Gasteiger partial charge in [-0.3, -0.25) is 4.79 Å². The molecule has 0 fully saturated rings. The summed E-state index contributed by atoms with van der Waals surface area (Å²) in [5, 5.41) is 9.57. The maximum atomic E-state index is 13.1. The van der Waals surface area contributed by atoms with Crippen LogP contribution in [0.25, 0.3) is 0 Å². The summed E-state index contributed by atoms with van der Waals surface area (Å²) in [6, 6.07) is 4.48. The van der Waals surface area contributed by atoms with E-state index in [1.165, 1.54) is 0 Å². The molecule has 0 bridgehead atoms. The lowest BCUT2D eigenvalue weighted by Gasteiger charge is -2.32. The summed E-state index contributed by atoms with van der Waals surface area (Å²) in [6.45, 7) is 14.1. The van der Waals surface area contributed by atoms with Crippen LogP contribution in [-0.2, 0) is 6.42 Å². The number of aliphatic hydroxyl groups is 1. The Morgan fingerprint density at radius 2 is 1.64 bits per heavy atom. The molecule has 1 aromatic rings. The van der Waals surface area contributed by atoms with E-state index in [0.717, 1.165) is 28.7 Å². The molecular formula is C19H31NO2. The van der Waals surface area contributed by atoms with Gasteiger partial charge in [-0.2, -0.15) is 0 Å². The highest BCUT2D eigenvalue weighted by atomic mass is 16.3. The fourth-order valence-electron chi connectivity index (χ4n) is 3.12. The van der Waals surface area contributed by atoms with Gasteiger partial charge in [0, 0.05) is 17.6 Å². The maximum Gasteiger partial charge on any atom is 0.254 e. The molecule has 0 aliphatic heterocycles. The Labute approximate surface area is 135 Å². The van der Waals surface area contributed by atoms with E-state index in [1.807, 2.05) is 11.8 Å². The molecule has 0 aliphatic carbocycles. The Morgan fingerprint density at radius 3 is 2.09 bits per heavy atom. The molecule has 1 unspecified atom stereocenters. The third-order valence-corrected chi connectivity index (χ3v) is 3.95. The fourth-order valence-corrected chi connectivity index (χ4v) is 3.12. The molecule has 124 valence electrons. The number of aliphatic hydroxyl groups excluding tert-OH is 1. The molecule has 1 amide bonds. The second-order valence-electron chi connectivity index (χ2n) is 6.90. The molecule has 3 nitrogen and oxygen atoms in total. The molecule has 0 saturated heterocycles. The zero-order valence-electron chi connectivity index (χ0n) is 15.1. The highest BCUT2D eigenvalue weighted by molar-refractivity contribution is 5.97. The van der Waals surface area contributed by atoms with Gasteiger partial charge >= 0.3 is 0 Å². The Balaban J connectivity index is 3.28. The predicted octanol–water partition coefficient (Wildman–Crippen LogP) is 3.88. The van der Waals surface area contributed by atoms with Crippen LogP contribution >= 0.6 is 0 Å². The first-order chi connectivity index (χ1) is 10.1. The lowest BCUT2D eigenvalue weighted by Crippen LogP contribution is -2.42. The molecule has 0 spiro atoms. The van der Waals surface area contributed by atoms with Gasteiger partial charge in [-0.1, -0.05) is 17.7 Å². The lowest BCUT2D eigenvalue weighted by molar-refractivity contribution is 0.0641. The molecule has 1 N–H and O–H groups in total. The summed E-state index contributed by atoms with van der Waals surface area (Å²) in [7, 11) is 0. The molecule has 1 rings (SSSR count). The largest absolute Gasteiger partial charge is 0.393 e. The normalized spacial score (nSPS) is 12.8. The van der Waals surface area contributed by atoms with Gasteiger partial charge in [0.25, 0.3) is 5.91 Å². The van der Waals surface area contributed by atoms with Crippen molar-refractivity contribution in [3.05, 3.63) is 34.4 Å². The summed E-state index contributed by atoms with van der Waals surface area (Å²) in [4.78, 5) is 15.0. The highest BCUT2D eigenvalue weighted by Crippen LogP contribution is 2.23. The molecule has 0 radical (unpaired) electrons. The third-order valence-electron chi connectivity index (χ3n) is 3.95. The maximum absolute atomic E-state index is 13.1. The van der Waals surface area contributed by atoms with Crippen LogP contribution in [0.2, 0.25) is 0 Å². The van der Waals surface area contributed by atoms with E-state index in [1.54, 1.807) is 6.92 Å². The van der Waals surface area contributed by atoms with Gasteiger partial charge in [0.1, 0.15) is 0 Å². The number of carbonyl (C=O) groups is 1. The van der Waals surface area contributed by atoms with Crippen molar-refractivity contribution in [1.29, 1.82) is 0 Å². The number of rotatable bonds is 6. The Bertz CT molecular complexity index is 510. The Kier molecular flexibility index (Phi) is 6.61. The number of hydrogen-bond donors (Lipinski definition) is 1. The molecule has 3 heteroatoms. The average Bonchev–Trinajstić information content (AvgIpc) is 2.34. The summed E-state index contributed by atoms with van der Waals surface area (Å²) in [5.74, 6) is 0.100. The molecule has 0 saturated carbocycles. The quantitative estimate of drug-likeness (QED) is 0.866. The van der Waals surface area contributed by atoms with E-state index >= 15 is 0 Å². The van der Waals surface area contributed by atoms with Crippen molar-refractivity contribution in [2.24, 2.45) is 0 Å². The minimum absolute atomic E-state index is 0.100. The monoisotopic (exact) mass is 305 g/mol. The van der Waals surface area contributed by atoms with Crippen molar-refractivity contribution in [1.82, 2.24) is 4.90 Å². The number of benzene rings is 1. The van der Waals surface area contributed by atoms with Crippen molar-refractivity contribution >= 4 is 5.91 Å². The number of aryl methyl sites for hydroxylation is 3. The van der Waals surface area contributed by atoms with Crippen molar-refractivity contribution < 1.29 is 9.90 Å². The van der Waals surface area contributed by atoms with Crippen molar-refractivity contribution in [2.45, 2.75) is 79.5 Å². The van der Waals surface area contributed by atoms with E-state index in [-0.39, 0.29) is 24.1 Å². The number of nitrogens with zero attached hydrogens (tertiary/aromatic N) is 1. The van der Waals surface area contributed by atoms with Crippen molar-refractivity contribution in [3.63, 3.8) is 0 Å². The lowest BCUT2D eigenvalue weighted by atomic mass is 9.93. The van der Waals surface area contributed by atoms with Gasteiger partial charge in [0.15, 0.2) is 0 Å². The minimum atomic E-state index is -0.352. The molecule has 1 atom stereocenters. The highest BCUT2D eigenvalue weighted by Gasteiger charge is 2.25. The second kappa shape index (κ2) is 7.77. The van der Waals surface area contributed by atoms with E-state index in [4.69, 9.17) is 0 Å². The van der Waals surface area contributed by atoms with Gasteiger partial charge < -0.3 is 10.0 Å². The van der Waals surface area contributed by atoms with E-state index in [2.05, 4.69) is 46.8 Å². The summed E-state index contributed by atoms with van der Waals surface area (Å²) in [6.07, 6.45) is 1.05. The third kappa shape index (κ3) is 4.57. The summed E-state index contributed by atoms with van der Waals surface area (Å²) < 4.78 is 0. The number of carbonyl (C=O) groups excluding carboxylic acids is 1. The van der Waals surface area contributed by atoms with E-state index < -0.39 is 0 Å². The standard InChI is InChI=1S/C19H31NO2/c1-12(2)20(13(3)4)19(22)18-15(6)10-14(5)11-17(18)9-8-16(7)21/h10-13,16,21H,8-9H2,1-7H3. The Hall–Kier alpha value is -1.35. The molecular weight excluding hydrogens is 274 g/mol. The van der Waals surface area contributed by atoms with Gasteiger partial charge in [-0.05, 0) is 72.4 Å². The first-order valence-corrected chi connectivity index (χ1v) is 8.26. The molecule has 0 heterocycles. The van der Waals surface area contributed by atoms with Gasteiger partial charge in [-0.25, -0.2) is 0 Å². The zero-order valence-corrected chi connectivity index (χ0v) is 15.1. The summed E-state index contributed by atoms with van der Waals surface area (Å²) >= 11 is 0. The second-order valence-corrected chi connectivity index (χ2v) is 6.90. The van der Waals surface area contributed by atoms with Gasteiger partial charge in [0.05, 0.1) is 6.10 Å². The molecule has 0 aliphatic rings. The van der Waals surface area contributed by atoms with Crippen molar-refractivity contribution in [2.75, 3.05) is 0 Å². The topological polar surface area (TPSA) is 40.5 Å². The Morgan fingerprint density at radius 1 is 1.09 bits per heavy atom. The number of amides is 1. The first-order valence-electron chi connectivity index (χ1n) is 8.26. The van der Waals surface area contributed by atoms with Crippen molar-refractivity contribution in [3.8, 4) is 0 Å². The summed E-state index contributed by atoms with van der Waals surface area (Å²) in [5.41, 5.74) is 4.05.